The number of carbonyl (C=O) groups excluding carboxylic acids is 2. The highest BCUT2D eigenvalue weighted by molar-refractivity contribution is 6.04. The van der Waals surface area contributed by atoms with Crippen LogP contribution in [0.5, 0.6) is 0 Å². The minimum absolute atomic E-state index is 0.0324. The van der Waals surface area contributed by atoms with Gasteiger partial charge in [-0.15, -0.1) is 0 Å². The number of alkyl halides is 2. The summed E-state index contributed by atoms with van der Waals surface area (Å²) in [4.78, 5) is 31.4. The number of hydrogen-bond acceptors (Lipinski definition) is 5. The Morgan fingerprint density at radius 3 is 2.54 bits per heavy atom. The lowest BCUT2D eigenvalue weighted by atomic mass is 9.51. The van der Waals surface area contributed by atoms with Crippen LogP contribution >= 0.6 is 0 Å². The van der Waals surface area contributed by atoms with Gasteiger partial charge >= 0.3 is 6.09 Å². The summed E-state index contributed by atoms with van der Waals surface area (Å²) in [6.07, 6.45) is 3.36. The van der Waals surface area contributed by atoms with E-state index in [0.717, 1.165) is 18.5 Å². The van der Waals surface area contributed by atoms with E-state index < -0.39 is 28.8 Å². The van der Waals surface area contributed by atoms with Crippen molar-refractivity contribution in [2.45, 2.75) is 76.7 Å². The minimum atomic E-state index is -2.83. The molecule has 0 radical (unpaired) electrons. The zero-order valence-corrected chi connectivity index (χ0v) is 20.5. The van der Waals surface area contributed by atoms with Crippen molar-refractivity contribution >= 4 is 17.7 Å². The summed E-state index contributed by atoms with van der Waals surface area (Å²) in [6.45, 7) is 8.31. The fourth-order valence-corrected chi connectivity index (χ4v) is 5.53. The standard InChI is InChI=1S/C25H31F2N5O3/c1-23(2,3)35-22(34)32-9-7-14(8-10-32)17-6-5-15(13-28-17)29-21(33)20-19-16-11-24(4,25(16,26)27)12-18(19)30-31-20/h5-6,13-14,16H,7-12H2,1-4H3,(H,29,33)(H,30,31)/t16?,24-/m0/s1. The van der Waals surface area contributed by atoms with E-state index in [-0.39, 0.29) is 24.1 Å². The third kappa shape index (κ3) is 4.06. The van der Waals surface area contributed by atoms with Crippen LogP contribution in [0.4, 0.5) is 19.3 Å². The van der Waals surface area contributed by atoms with Gasteiger partial charge in [-0.2, -0.15) is 5.10 Å². The second-order valence-corrected chi connectivity index (χ2v) is 11.2. The lowest BCUT2D eigenvalue weighted by Gasteiger charge is -2.56. The zero-order valence-electron chi connectivity index (χ0n) is 20.5. The van der Waals surface area contributed by atoms with Crippen LogP contribution in [-0.2, 0) is 11.2 Å². The van der Waals surface area contributed by atoms with Gasteiger partial charge in [0.15, 0.2) is 5.69 Å². The van der Waals surface area contributed by atoms with E-state index in [0.29, 0.717) is 36.5 Å². The van der Waals surface area contributed by atoms with Gasteiger partial charge in [0.1, 0.15) is 5.60 Å². The molecular weight excluding hydrogens is 456 g/mol. The summed E-state index contributed by atoms with van der Waals surface area (Å²) in [6, 6.07) is 3.61. The molecule has 2 aromatic heterocycles. The number of piperidine rings is 1. The van der Waals surface area contributed by atoms with Crippen LogP contribution in [0.1, 0.15) is 86.2 Å². The summed E-state index contributed by atoms with van der Waals surface area (Å²) >= 11 is 0. The number of ether oxygens (including phenoxy) is 1. The van der Waals surface area contributed by atoms with Gasteiger partial charge in [-0.05, 0) is 52.2 Å². The molecular formula is C25H31F2N5O3. The number of rotatable bonds is 3. The molecule has 188 valence electrons. The van der Waals surface area contributed by atoms with Gasteiger partial charge in [0.2, 0.25) is 0 Å². The van der Waals surface area contributed by atoms with Crippen molar-refractivity contribution in [3.63, 3.8) is 0 Å². The van der Waals surface area contributed by atoms with Crippen molar-refractivity contribution < 1.29 is 23.1 Å². The second kappa shape index (κ2) is 7.99. The molecule has 8 nitrogen and oxygen atoms in total. The predicted molar refractivity (Wildman–Crippen MR) is 125 cm³/mol. The van der Waals surface area contributed by atoms with Crippen LogP contribution in [0.15, 0.2) is 18.3 Å². The third-order valence-corrected chi connectivity index (χ3v) is 7.52. The number of aromatic amines is 1. The molecule has 2 amide bonds. The Balaban J connectivity index is 1.20. The van der Waals surface area contributed by atoms with Gasteiger partial charge in [0.05, 0.1) is 17.8 Å². The molecule has 2 bridgehead atoms. The Labute approximate surface area is 202 Å². The predicted octanol–water partition coefficient (Wildman–Crippen LogP) is 4.86. The maximum atomic E-state index is 14.6. The molecule has 2 aromatic rings. The number of pyridine rings is 1. The molecule has 2 fully saturated rings. The number of H-pyrrole nitrogens is 1. The number of nitrogens with one attached hydrogen (secondary N) is 2. The molecule has 1 unspecified atom stereocenters. The molecule has 3 heterocycles. The molecule has 2 atom stereocenters. The van der Waals surface area contributed by atoms with E-state index in [2.05, 4.69) is 20.5 Å². The van der Waals surface area contributed by atoms with E-state index >= 15 is 0 Å². The Bertz CT molecular complexity index is 1150. The maximum absolute atomic E-state index is 14.6. The molecule has 1 saturated heterocycles. The van der Waals surface area contributed by atoms with Crippen LogP contribution in [0, 0.1) is 5.41 Å². The Morgan fingerprint density at radius 1 is 1.23 bits per heavy atom. The first-order chi connectivity index (χ1) is 16.4. The number of amides is 2. The molecule has 0 spiro atoms. The number of likely N-dealkylation sites (tertiary alicyclic amines) is 1. The first kappa shape index (κ1) is 23.7. The van der Waals surface area contributed by atoms with Crippen LogP contribution < -0.4 is 5.32 Å². The van der Waals surface area contributed by atoms with Crippen LogP contribution in [0.25, 0.3) is 0 Å². The zero-order chi connectivity index (χ0) is 25.2. The lowest BCUT2D eigenvalue weighted by Crippen LogP contribution is -2.59. The smallest absolute Gasteiger partial charge is 0.410 e. The minimum Gasteiger partial charge on any atom is -0.444 e. The summed E-state index contributed by atoms with van der Waals surface area (Å²) < 4.78 is 34.7. The monoisotopic (exact) mass is 487 g/mol. The quantitative estimate of drug-likeness (QED) is 0.644. The van der Waals surface area contributed by atoms with Crippen LogP contribution in [0.3, 0.4) is 0 Å². The molecule has 1 aliphatic heterocycles. The third-order valence-electron chi connectivity index (χ3n) is 7.52. The highest BCUT2D eigenvalue weighted by atomic mass is 19.3. The molecule has 2 N–H and O–H groups in total. The number of nitrogens with zero attached hydrogens (tertiary/aromatic N) is 3. The molecule has 4 aliphatic rings. The van der Waals surface area contributed by atoms with E-state index in [9.17, 15) is 18.4 Å². The summed E-state index contributed by atoms with van der Waals surface area (Å²) in [5.41, 5.74) is 0.784. The summed E-state index contributed by atoms with van der Waals surface area (Å²) in [5.74, 6) is -4.12. The van der Waals surface area contributed by atoms with E-state index in [1.165, 1.54) is 0 Å². The first-order valence-corrected chi connectivity index (χ1v) is 12.1. The highest BCUT2D eigenvalue weighted by Gasteiger charge is 2.70. The summed E-state index contributed by atoms with van der Waals surface area (Å²) in [7, 11) is 0. The summed E-state index contributed by atoms with van der Waals surface area (Å²) in [5, 5.41) is 9.61. The van der Waals surface area contributed by atoms with Gasteiger partial charge in [-0.1, -0.05) is 6.92 Å². The van der Waals surface area contributed by atoms with Gasteiger partial charge in [0.25, 0.3) is 11.8 Å². The van der Waals surface area contributed by atoms with Crippen LogP contribution in [0.2, 0.25) is 0 Å². The Hall–Kier alpha value is -3.04. The fraction of sp³-hybridized carbons (Fsp3) is 0.600. The SMILES string of the molecule is CC(C)(C)OC(=O)N1CCC(c2ccc(NC(=O)c3n[nH]c4c3C3C[C@@](C)(C4)C3(F)F)cn2)CC1. The molecule has 1 saturated carbocycles. The highest BCUT2D eigenvalue weighted by Crippen LogP contribution is 2.67. The van der Waals surface area contributed by atoms with Crippen molar-refractivity contribution in [2.75, 3.05) is 18.4 Å². The topological polar surface area (TPSA) is 100 Å². The van der Waals surface area contributed by atoms with E-state index in [1.54, 1.807) is 24.1 Å². The second-order valence-electron chi connectivity index (χ2n) is 11.2. The average molecular weight is 488 g/mol. The average Bonchev–Trinajstić information content (AvgIpc) is 3.22. The first-order valence-electron chi connectivity index (χ1n) is 12.1. The van der Waals surface area contributed by atoms with E-state index in [1.807, 2.05) is 26.8 Å². The van der Waals surface area contributed by atoms with Crippen molar-refractivity contribution in [1.82, 2.24) is 20.1 Å². The van der Waals surface area contributed by atoms with E-state index in [4.69, 9.17) is 4.74 Å². The fourth-order valence-electron chi connectivity index (χ4n) is 5.53. The largest absolute Gasteiger partial charge is 0.444 e. The van der Waals surface area contributed by atoms with Crippen molar-refractivity contribution in [2.24, 2.45) is 5.41 Å². The molecule has 35 heavy (non-hydrogen) atoms. The van der Waals surface area contributed by atoms with Crippen molar-refractivity contribution in [1.29, 1.82) is 0 Å². The van der Waals surface area contributed by atoms with Crippen molar-refractivity contribution in [3.05, 3.63) is 41.0 Å². The number of carbonyl (C=O) groups is 2. The maximum Gasteiger partial charge on any atom is 0.410 e. The number of hydrogen-bond donors (Lipinski definition) is 2. The Kier molecular flexibility index (Phi) is 5.41. The molecule has 10 heteroatoms. The van der Waals surface area contributed by atoms with Gasteiger partial charge in [-0.25, -0.2) is 13.6 Å². The van der Waals surface area contributed by atoms with Gasteiger partial charge < -0.3 is 15.0 Å². The number of aromatic nitrogens is 3. The van der Waals surface area contributed by atoms with Gasteiger partial charge in [0, 0.05) is 47.8 Å². The normalized spacial score (nSPS) is 25.4. The van der Waals surface area contributed by atoms with Crippen molar-refractivity contribution in [3.8, 4) is 0 Å². The Morgan fingerprint density at radius 2 is 1.94 bits per heavy atom. The number of halogens is 2. The van der Waals surface area contributed by atoms with Crippen LogP contribution in [-0.4, -0.2) is 56.7 Å². The number of anilines is 1. The molecule has 0 aromatic carbocycles. The molecule has 6 rings (SSSR count). The molecule has 3 aliphatic carbocycles. The van der Waals surface area contributed by atoms with Gasteiger partial charge in [-0.3, -0.25) is 14.9 Å². The lowest BCUT2D eigenvalue weighted by molar-refractivity contribution is -0.221.